The van der Waals surface area contributed by atoms with Crippen molar-refractivity contribution in [3.63, 3.8) is 0 Å². The first kappa shape index (κ1) is 12.3. The minimum atomic E-state index is -4.38. The van der Waals surface area contributed by atoms with Gasteiger partial charge >= 0.3 is 6.18 Å². The Bertz CT molecular complexity index is 365. The van der Waals surface area contributed by atoms with Crippen molar-refractivity contribution in [2.24, 2.45) is 0 Å². The second kappa shape index (κ2) is 4.82. The fraction of sp³-hybridized carbons (Fsp3) is 0.222. The largest absolute Gasteiger partial charge is 0.405 e. The number of hydrogen-bond donors (Lipinski definition) is 1. The number of halogens is 4. The van der Waals surface area contributed by atoms with Gasteiger partial charge in [-0.05, 0) is 40.8 Å². The minimum absolute atomic E-state index is 0.228. The lowest BCUT2D eigenvalue weighted by Crippen LogP contribution is -2.33. The fourth-order valence-electron chi connectivity index (χ4n) is 0.912. The van der Waals surface area contributed by atoms with Crippen LogP contribution in [0.1, 0.15) is 10.4 Å². The molecule has 82 valence electrons. The van der Waals surface area contributed by atoms with Crippen molar-refractivity contribution in [2.45, 2.75) is 6.18 Å². The molecule has 1 rings (SSSR count). The lowest BCUT2D eigenvalue weighted by molar-refractivity contribution is -0.123. The van der Waals surface area contributed by atoms with Gasteiger partial charge in [0.1, 0.15) is 6.54 Å². The molecule has 1 aromatic carbocycles. The third-order valence-electron chi connectivity index (χ3n) is 1.54. The van der Waals surface area contributed by atoms with Crippen molar-refractivity contribution in [1.82, 2.24) is 5.32 Å². The highest BCUT2D eigenvalue weighted by Gasteiger charge is 2.27. The van der Waals surface area contributed by atoms with E-state index in [1.54, 1.807) is 17.4 Å². The van der Waals surface area contributed by atoms with E-state index < -0.39 is 18.6 Å². The van der Waals surface area contributed by atoms with Crippen molar-refractivity contribution in [2.75, 3.05) is 6.54 Å². The molecule has 0 aliphatic carbocycles. The molecule has 15 heavy (non-hydrogen) atoms. The first-order chi connectivity index (χ1) is 6.88. The van der Waals surface area contributed by atoms with Crippen LogP contribution in [-0.2, 0) is 0 Å². The summed E-state index contributed by atoms with van der Waals surface area (Å²) >= 11 is 1.98. The van der Waals surface area contributed by atoms with Crippen molar-refractivity contribution in [3.8, 4) is 0 Å². The van der Waals surface area contributed by atoms with Crippen molar-refractivity contribution >= 4 is 28.5 Å². The van der Waals surface area contributed by atoms with E-state index in [0.29, 0.717) is 0 Å². The molecule has 1 amide bonds. The third kappa shape index (κ3) is 4.50. The van der Waals surface area contributed by atoms with Crippen LogP contribution in [0.3, 0.4) is 0 Å². The summed E-state index contributed by atoms with van der Waals surface area (Å²) in [5.41, 5.74) is 0.228. The molecule has 0 saturated carbocycles. The van der Waals surface area contributed by atoms with Crippen LogP contribution in [0.25, 0.3) is 0 Å². The van der Waals surface area contributed by atoms with Gasteiger partial charge in [0, 0.05) is 9.13 Å². The van der Waals surface area contributed by atoms with E-state index in [-0.39, 0.29) is 5.56 Å². The summed E-state index contributed by atoms with van der Waals surface area (Å²) in [4.78, 5) is 11.2. The Hall–Kier alpha value is -0.790. The summed E-state index contributed by atoms with van der Waals surface area (Å²) < 4.78 is 36.2. The number of rotatable bonds is 2. The molecule has 0 unspecified atom stereocenters. The summed E-state index contributed by atoms with van der Waals surface area (Å²) in [7, 11) is 0. The predicted molar refractivity (Wildman–Crippen MR) is 57.5 cm³/mol. The number of benzene rings is 1. The molecule has 0 fully saturated rings. The van der Waals surface area contributed by atoms with Crippen LogP contribution in [-0.4, -0.2) is 18.6 Å². The highest BCUT2D eigenvalue weighted by Crippen LogP contribution is 2.13. The lowest BCUT2D eigenvalue weighted by Gasteiger charge is -2.08. The van der Waals surface area contributed by atoms with Crippen LogP contribution in [0.2, 0.25) is 0 Å². The molecule has 0 radical (unpaired) electrons. The Kier molecular flexibility index (Phi) is 3.95. The van der Waals surface area contributed by atoms with Crippen LogP contribution < -0.4 is 5.32 Å². The third-order valence-corrected chi connectivity index (χ3v) is 2.21. The summed E-state index contributed by atoms with van der Waals surface area (Å²) in [5.74, 6) is -0.717. The Morgan fingerprint density at radius 2 is 2.07 bits per heavy atom. The van der Waals surface area contributed by atoms with E-state index in [2.05, 4.69) is 0 Å². The molecule has 2 nitrogen and oxygen atoms in total. The molecular formula is C9H7F3INO. The first-order valence-electron chi connectivity index (χ1n) is 3.99. The molecule has 6 heteroatoms. The average Bonchev–Trinajstić information content (AvgIpc) is 2.13. The van der Waals surface area contributed by atoms with Crippen LogP contribution >= 0.6 is 22.6 Å². The predicted octanol–water partition coefficient (Wildman–Crippen LogP) is 2.58. The molecule has 1 aromatic rings. The van der Waals surface area contributed by atoms with Gasteiger partial charge < -0.3 is 5.32 Å². The number of hydrogen-bond acceptors (Lipinski definition) is 1. The standard InChI is InChI=1S/C9H7F3INO/c10-9(11,12)5-14-8(15)6-2-1-3-7(13)4-6/h1-4H,5H2,(H,14,15). The Morgan fingerprint density at radius 1 is 1.40 bits per heavy atom. The molecule has 0 spiro atoms. The van der Waals surface area contributed by atoms with Crippen LogP contribution in [0.4, 0.5) is 13.2 Å². The van der Waals surface area contributed by atoms with E-state index in [9.17, 15) is 18.0 Å². The molecule has 0 aliphatic heterocycles. The highest BCUT2D eigenvalue weighted by molar-refractivity contribution is 14.1. The summed E-state index contributed by atoms with van der Waals surface area (Å²) in [6, 6.07) is 6.35. The zero-order valence-corrected chi connectivity index (χ0v) is 9.59. The van der Waals surface area contributed by atoms with E-state index in [0.717, 1.165) is 3.57 Å². The average molecular weight is 329 g/mol. The summed E-state index contributed by atoms with van der Waals surface area (Å²) in [5, 5.41) is 1.80. The second-order valence-electron chi connectivity index (χ2n) is 2.81. The molecule has 0 atom stereocenters. The minimum Gasteiger partial charge on any atom is -0.343 e. The second-order valence-corrected chi connectivity index (χ2v) is 4.05. The van der Waals surface area contributed by atoms with Crippen molar-refractivity contribution in [3.05, 3.63) is 33.4 Å². The zero-order chi connectivity index (χ0) is 11.5. The number of amides is 1. The van der Waals surface area contributed by atoms with Crippen LogP contribution in [0.15, 0.2) is 24.3 Å². The molecule has 0 heterocycles. The van der Waals surface area contributed by atoms with Gasteiger partial charge in [0.2, 0.25) is 0 Å². The quantitative estimate of drug-likeness (QED) is 0.831. The number of alkyl halides is 3. The van der Waals surface area contributed by atoms with Gasteiger partial charge in [-0.2, -0.15) is 13.2 Å². The number of carbonyl (C=O) groups excluding carboxylic acids is 1. The highest BCUT2D eigenvalue weighted by atomic mass is 127. The Labute approximate surface area is 98.0 Å². The fourth-order valence-corrected chi connectivity index (χ4v) is 1.46. The molecule has 0 bridgehead atoms. The van der Waals surface area contributed by atoms with Crippen molar-refractivity contribution < 1.29 is 18.0 Å². The van der Waals surface area contributed by atoms with E-state index in [1.165, 1.54) is 12.1 Å². The van der Waals surface area contributed by atoms with E-state index in [1.807, 2.05) is 22.6 Å². The van der Waals surface area contributed by atoms with Crippen molar-refractivity contribution in [1.29, 1.82) is 0 Å². The Balaban J connectivity index is 2.62. The molecule has 1 N–H and O–H groups in total. The normalized spacial score (nSPS) is 11.2. The zero-order valence-electron chi connectivity index (χ0n) is 7.44. The van der Waals surface area contributed by atoms with E-state index in [4.69, 9.17) is 0 Å². The first-order valence-corrected chi connectivity index (χ1v) is 5.07. The lowest BCUT2D eigenvalue weighted by atomic mass is 10.2. The molecule has 0 aliphatic rings. The van der Waals surface area contributed by atoms with Crippen LogP contribution in [0, 0.1) is 3.57 Å². The summed E-state index contributed by atoms with van der Waals surface area (Å²) in [6.07, 6.45) is -4.38. The number of nitrogens with one attached hydrogen (secondary N) is 1. The SMILES string of the molecule is O=C(NCC(F)(F)F)c1cccc(I)c1. The maximum Gasteiger partial charge on any atom is 0.405 e. The van der Waals surface area contributed by atoms with Gasteiger partial charge in [-0.25, -0.2) is 0 Å². The maximum absolute atomic E-state index is 11.8. The molecule has 0 saturated heterocycles. The van der Waals surface area contributed by atoms with Crippen LogP contribution in [0.5, 0.6) is 0 Å². The molecule has 0 aromatic heterocycles. The van der Waals surface area contributed by atoms with Gasteiger partial charge in [-0.15, -0.1) is 0 Å². The summed E-state index contributed by atoms with van der Waals surface area (Å²) in [6.45, 7) is -1.31. The maximum atomic E-state index is 11.8. The monoisotopic (exact) mass is 329 g/mol. The smallest absolute Gasteiger partial charge is 0.343 e. The molecular weight excluding hydrogens is 322 g/mol. The Morgan fingerprint density at radius 3 is 2.60 bits per heavy atom. The topological polar surface area (TPSA) is 29.1 Å². The number of carbonyl (C=O) groups is 1. The van der Waals surface area contributed by atoms with Gasteiger partial charge in [-0.3, -0.25) is 4.79 Å². The van der Waals surface area contributed by atoms with Gasteiger partial charge in [0.25, 0.3) is 5.91 Å². The van der Waals surface area contributed by atoms with Gasteiger partial charge in [0.15, 0.2) is 0 Å². The van der Waals surface area contributed by atoms with Gasteiger partial charge in [0.05, 0.1) is 0 Å². The van der Waals surface area contributed by atoms with E-state index >= 15 is 0 Å². The van der Waals surface area contributed by atoms with Gasteiger partial charge in [-0.1, -0.05) is 6.07 Å².